The van der Waals surface area contributed by atoms with Crippen molar-refractivity contribution >= 4 is 28.6 Å². The molecule has 1 atom stereocenters. The van der Waals surface area contributed by atoms with E-state index in [2.05, 4.69) is 10.3 Å². The number of carbonyl (C=O) groups is 1. The van der Waals surface area contributed by atoms with E-state index < -0.39 is 0 Å². The van der Waals surface area contributed by atoms with Crippen LogP contribution in [0.25, 0.3) is 9.88 Å². The van der Waals surface area contributed by atoms with Crippen LogP contribution >= 0.6 is 22.7 Å². The zero-order valence-corrected chi connectivity index (χ0v) is 14.5. The second-order valence-electron chi connectivity index (χ2n) is 5.38. The molecule has 120 valence electrons. The first kappa shape index (κ1) is 16.0. The van der Waals surface area contributed by atoms with Crippen molar-refractivity contribution in [2.75, 3.05) is 0 Å². The fourth-order valence-corrected chi connectivity index (χ4v) is 3.91. The molecular formula is C17H18N2O2S2. The first-order valence-corrected chi connectivity index (χ1v) is 9.26. The minimum absolute atomic E-state index is 0.0139. The number of thiazole rings is 1. The van der Waals surface area contributed by atoms with E-state index in [1.54, 1.807) is 28.9 Å². The lowest BCUT2D eigenvalue weighted by atomic mass is 10.1. The number of nitrogens with zero attached hydrogens (tertiary/aromatic N) is 1. The van der Waals surface area contributed by atoms with Crippen molar-refractivity contribution in [2.45, 2.75) is 32.2 Å². The molecule has 3 rings (SSSR count). The first-order chi connectivity index (χ1) is 11.2. The van der Waals surface area contributed by atoms with E-state index in [0.717, 1.165) is 34.2 Å². The molecule has 1 amide bonds. The molecule has 3 aromatic heterocycles. The summed E-state index contributed by atoms with van der Waals surface area (Å²) in [6, 6.07) is 8.00. The van der Waals surface area contributed by atoms with Crippen molar-refractivity contribution in [3.8, 4) is 9.88 Å². The summed E-state index contributed by atoms with van der Waals surface area (Å²) in [6.45, 7) is 2.01. The van der Waals surface area contributed by atoms with Crippen LogP contribution in [0.5, 0.6) is 0 Å². The molecule has 23 heavy (non-hydrogen) atoms. The Kier molecular flexibility index (Phi) is 5.25. The van der Waals surface area contributed by atoms with Crippen LogP contribution in [0.3, 0.4) is 0 Å². The van der Waals surface area contributed by atoms with Crippen LogP contribution in [0.1, 0.15) is 24.8 Å². The Morgan fingerprint density at radius 1 is 1.35 bits per heavy atom. The number of aromatic nitrogens is 1. The molecule has 3 heterocycles. The average molecular weight is 346 g/mol. The number of furan rings is 1. The molecule has 0 aliphatic heterocycles. The highest BCUT2D eigenvalue weighted by atomic mass is 32.1. The molecule has 0 aliphatic carbocycles. The third-order valence-electron chi connectivity index (χ3n) is 3.44. The summed E-state index contributed by atoms with van der Waals surface area (Å²) in [5.74, 6) is 0.964. The van der Waals surface area contributed by atoms with Crippen LogP contribution in [0.4, 0.5) is 0 Å². The van der Waals surface area contributed by atoms with E-state index in [0.29, 0.717) is 6.42 Å². The van der Waals surface area contributed by atoms with Gasteiger partial charge in [0.2, 0.25) is 5.91 Å². The SMILES string of the molecule is C[C@@H](CCc1ccco1)NC(=O)Cc1csc(-c2cccs2)n1. The van der Waals surface area contributed by atoms with Gasteiger partial charge in [-0.3, -0.25) is 4.79 Å². The second-order valence-corrected chi connectivity index (χ2v) is 7.19. The number of carbonyl (C=O) groups excluding carboxylic acids is 1. The number of nitrogens with one attached hydrogen (secondary N) is 1. The van der Waals surface area contributed by atoms with Gasteiger partial charge in [-0.2, -0.15) is 0 Å². The Balaban J connectivity index is 1.47. The minimum Gasteiger partial charge on any atom is -0.469 e. The molecule has 0 aliphatic rings. The van der Waals surface area contributed by atoms with E-state index in [-0.39, 0.29) is 11.9 Å². The zero-order chi connectivity index (χ0) is 16.1. The highest BCUT2D eigenvalue weighted by Crippen LogP contribution is 2.27. The minimum atomic E-state index is 0.0139. The Labute approximate surface area is 143 Å². The van der Waals surface area contributed by atoms with Gasteiger partial charge in [0.05, 0.1) is 23.3 Å². The lowest BCUT2D eigenvalue weighted by Crippen LogP contribution is -2.34. The van der Waals surface area contributed by atoms with E-state index in [4.69, 9.17) is 4.42 Å². The van der Waals surface area contributed by atoms with Crippen molar-refractivity contribution < 1.29 is 9.21 Å². The summed E-state index contributed by atoms with van der Waals surface area (Å²) in [4.78, 5) is 17.8. The van der Waals surface area contributed by atoms with E-state index in [1.165, 1.54) is 0 Å². The molecule has 0 fully saturated rings. The van der Waals surface area contributed by atoms with E-state index in [1.807, 2.05) is 41.9 Å². The molecular weight excluding hydrogens is 328 g/mol. The zero-order valence-electron chi connectivity index (χ0n) is 12.8. The Bertz CT molecular complexity index is 733. The number of amides is 1. The van der Waals surface area contributed by atoms with Crippen LogP contribution in [0.15, 0.2) is 45.7 Å². The maximum atomic E-state index is 12.1. The fraction of sp³-hybridized carbons (Fsp3) is 0.294. The van der Waals surface area contributed by atoms with Gasteiger partial charge < -0.3 is 9.73 Å². The van der Waals surface area contributed by atoms with Crippen LogP contribution in [0.2, 0.25) is 0 Å². The van der Waals surface area contributed by atoms with Crippen molar-refractivity contribution in [2.24, 2.45) is 0 Å². The van der Waals surface area contributed by atoms with Gasteiger partial charge in [-0.15, -0.1) is 22.7 Å². The third kappa shape index (κ3) is 4.53. The van der Waals surface area contributed by atoms with Crippen molar-refractivity contribution in [3.05, 3.63) is 52.7 Å². The van der Waals surface area contributed by atoms with E-state index >= 15 is 0 Å². The quantitative estimate of drug-likeness (QED) is 0.699. The molecule has 0 spiro atoms. The predicted molar refractivity (Wildman–Crippen MR) is 93.8 cm³/mol. The summed E-state index contributed by atoms with van der Waals surface area (Å²) in [6.07, 6.45) is 3.68. The molecule has 0 unspecified atom stereocenters. The standard InChI is InChI=1S/C17H18N2O2S2/c1-12(6-7-14-4-2-8-21-14)18-16(20)10-13-11-23-17(19-13)15-5-3-9-22-15/h2-5,8-9,11-12H,6-7,10H2,1H3,(H,18,20)/t12-/m0/s1. The smallest absolute Gasteiger partial charge is 0.226 e. The normalized spacial score (nSPS) is 12.2. The second kappa shape index (κ2) is 7.57. The first-order valence-electron chi connectivity index (χ1n) is 7.51. The molecule has 0 aromatic carbocycles. The molecule has 0 saturated carbocycles. The molecule has 1 N–H and O–H groups in total. The van der Waals surface area contributed by atoms with Gasteiger partial charge >= 0.3 is 0 Å². The van der Waals surface area contributed by atoms with Gasteiger partial charge in [-0.25, -0.2) is 4.98 Å². The van der Waals surface area contributed by atoms with Crippen molar-refractivity contribution in [3.63, 3.8) is 0 Å². The molecule has 0 bridgehead atoms. The van der Waals surface area contributed by atoms with Crippen LogP contribution < -0.4 is 5.32 Å². The molecule has 3 aromatic rings. The number of hydrogen-bond donors (Lipinski definition) is 1. The Morgan fingerprint density at radius 2 is 2.26 bits per heavy atom. The van der Waals surface area contributed by atoms with Crippen LogP contribution in [0, 0.1) is 0 Å². The summed E-state index contributed by atoms with van der Waals surface area (Å²) in [5, 5.41) is 7.99. The summed E-state index contributed by atoms with van der Waals surface area (Å²) in [7, 11) is 0. The molecule has 4 nitrogen and oxygen atoms in total. The van der Waals surface area contributed by atoms with Crippen LogP contribution in [-0.2, 0) is 17.6 Å². The van der Waals surface area contributed by atoms with Gasteiger partial charge in [0.15, 0.2) is 0 Å². The largest absolute Gasteiger partial charge is 0.469 e. The predicted octanol–water partition coefficient (Wildman–Crippen LogP) is 4.14. The van der Waals surface area contributed by atoms with Gasteiger partial charge in [0, 0.05) is 17.8 Å². The molecule has 0 saturated heterocycles. The summed E-state index contributed by atoms with van der Waals surface area (Å²) < 4.78 is 5.30. The Hall–Kier alpha value is -1.92. The number of hydrogen-bond acceptors (Lipinski definition) is 5. The van der Waals surface area contributed by atoms with Crippen molar-refractivity contribution in [1.29, 1.82) is 0 Å². The van der Waals surface area contributed by atoms with Crippen LogP contribution in [-0.4, -0.2) is 16.9 Å². The van der Waals surface area contributed by atoms with Gasteiger partial charge in [-0.1, -0.05) is 6.07 Å². The van der Waals surface area contributed by atoms with Gasteiger partial charge in [0.25, 0.3) is 0 Å². The highest BCUT2D eigenvalue weighted by molar-refractivity contribution is 7.20. The average Bonchev–Trinajstić information content (AvgIpc) is 3.26. The number of rotatable bonds is 7. The number of thiophene rings is 1. The van der Waals surface area contributed by atoms with Crippen molar-refractivity contribution in [1.82, 2.24) is 10.3 Å². The monoisotopic (exact) mass is 346 g/mol. The van der Waals surface area contributed by atoms with Gasteiger partial charge in [-0.05, 0) is 36.9 Å². The maximum Gasteiger partial charge on any atom is 0.226 e. The summed E-state index contributed by atoms with van der Waals surface area (Å²) >= 11 is 3.25. The highest BCUT2D eigenvalue weighted by Gasteiger charge is 2.12. The fourth-order valence-electron chi connectivity index (χ4n) is 2.28. The van der Waals surface area contributed by atoms with Gasteiger partial charge in [0.1, 0.15) is 10.8 Å². The Morgan fingerprint density at radius 3 is 3.00 bits per heavy atom. The topological polar surface area (TPSA) is 55.1 Å². The molecule has 6 heteroatoms. The number of aryl methyl sites for hydroxylation is 1. The molecule has 0 radical (unpaired) electrons. The summed E-state index contributed by atoms with van der Waals surface area (Å²) in [5.41, 5.74) is 0.828. The third-order valence-corrected chi connectivity index (χ3v) is 5.37. The van der Waals surface area contributed by atoms with E-state index in [9.17, 15) is 4.79 Å². The lowest BCUT2D eigenvalue weighted by Gasteiger charge is -2.12. The maximum absolute atomic E-state index is 12.1. The lowest BCUT2D eigenvalue weighted by molar-refractivity contribution is -0.121.